The Balaban J connectivity index is 2.31. The third-order valence-corrected chi connectivity index (χ3v) is 3.56. The molecule has 0 bridgehead atoms. The molecule has 2 nitrogen and oxygen atoms in total. The fourth-order valence-corrected chi connectivity index (χ4v) is 2.32. The van der Waals surface area contributed by atoms with Crippen LogP contribution in [0.3, 0.4) is 0 Å². The smallest absolute Gasteiger partial charge is 0.103 e. The molecule has 0 unspecified atom stereocenters. The summed E-state index contributed by atoms with van der Waals surface area (Å²) in [5.41, 5.74) is 2.30. The maximum absolute atomic E-state index is 9.18. The van der Waals surface area contributed by atoms with Crippen molar-refractivity contribution >= 4 is 28.9 Å². The molecule has 0 fully saturated rings. The lowest BCUT2D eigenvalue weighted by Crippen LogP contribution is -2.17. The third kappa shape index (κ3) is 3.01. The van der Waals surface area contributed by atoms with Gasteiger partial charge in [0.1, 0.15) is 6.07 Å². The largest absolute Gasteiger partial charge is 0.369 e. The van der Waals surface area contributed by atoms with Gasteiger partial charge in [0.15, 0.2) is 0 Å². The van der Waals surface area contributed by atoms with Gasteiger partial charge in [-0.05, 0) is 23.8 Å². The van der Waals surface area contributed by atoms with Gasteiger partial charge < -0.3 is 4.90 Å². The van der Waals surface area contributed by atoms with Crippen molar-refractivity contribution < 1.29 is 0 Å². The first-order valence-electron chi connectivity index (χ1n) is 5.76. The van der Waals surface area contributed by atoms with Crippen molar-refractivity contribution in [3.8, 4) is 6.07 Å². The molecule has 0 radical (unpaired) electrons. The van der Waals surface area contributed by atoms with E-state index in [2.05, 4.69) is 6.07 Å². The molecule has 0 amide bonds. The first-order chi connectivity index (χ1) is 9.13. The monoisotopic (exact) mass is 290 g/mol. The molecule has 96 valence electrons. The highest BCUT2D eigenvalue weighted by atomic mass is 35.5. The number of benzene rings is 2. The van der Waals surface area contributed by atoms with Crippen molar-refractivity contribution in [1.82, 2.24) is 0 Å². The van der Waals surface area contributed by atoms with Crippen LogP contribution in [-0.2, 0) is 6.54 Å². The normalized spacial score (nSPS) is 10.0. The molecule has 0 aromatic heterocycles. The average molecular weight is 291 g/mol. The second-order valence-corrected chi connectivity index (χ2v) is 5.01. The number of rotatable bonds is 3. The highest BCUT2D eigenvalue weighted by molar-refractivity contribution is 6.32. The maximum atomic E-state index is 9.18. The zero-order chi connectivity index (χ0) is 13.8. The lowest BCUT2D eigenvalue weighted by molar-refractivity contribution is 0.921. The second kappa shape index (κ2) is 5.97. The summed E-state index contributed by atoms with van der Waals surface area (Å²) < 4.78 is 0. The van der Waals surface area contributed by atoms with E-state index in [9.17, 15) is 5.26 Å². The van der Waals surface area contributed by atoms with Gasteiger partial charge in [0, 0.05) is 18.6 Å². The van der Waals surface area contributed by atoms with Gasteiger partial charge in [-0.25, -0.2) is 0 Å². The molecule has 0 aliphatic rings. The molecule has 2 rings (SSSR count). The topological polar surface area (TPSA) is 27.0 Å². The summed E-state index contributed by atoms with van der Waals surface area (Å²) in [6, 6.07) is 15.2. The van der Waals surface area contributed by atoms with Gasteiger partial charge >= 0.3 is 0 Å². The first kappa shape index (κ1) is 13.7. The van der Waals surface area contributed by atoms with Crippen molar-refractivity contribution in [3.63, 3.8) is 0 Å². The summed E-state index contributed by atoms with van der Waals surface area (Å²) in [4.78, 5) is 1.96. The number of hydrogen-bond donors (Lipinski definition) is 0. The van der Waals surface area contributed by atoms with Crippen LogP contribution in [0, 0.1) is 11.3 Å². The molecule has 2 aromatic carbocycles. The average Bonchev–Trinajstić information content (AvgIpc) is 2.41. The van der Waals surface area contributed by atoms with Crippen LogP contribution in [-0.4, -0.2) is 7.05 Å². The Morgan fingerprint density at radius 1 is 1.05 bits per heavy atom. The lowest BCUT2D eigenvalue weighted by atomic mass is 10.1. The van der Waals surface area contributed by atoms with Crippen molar-refractivity contribution in [1.29, 1.82) is 5.26 Å². The van der Waals surface area contributed by atoms with E-state index in [0.29, 0.717) is 17.1 Å². The van der Waals surface area contributed by atoms with Gasteiger partial charge in [0.2, 0.25) is 0 Å². The Kier molecular flexibility index (Phi) is 4.31. The van der Waals surface area contributed by atoms with Crippen molar-refractivity contribution in [3.05, 3.63) is 63.6 Å². The standard InChI is InChI=1S/C15H12Cl2N2/c1-19(10-11-5-2-3-6-13(11)16)15-8-4-7-14(17)12(15)9-18/h2-8H,10H2,1H3. The van der Waals surface area contributed by atoms with E-state index in [1.165, 1.54) is 0 Å². The van der Waals surface area contributed by atoms with E-state index in [-0.39, 0.29) is 0 Å². The molecule has 0 N–H and O–H groups in total. The first-order valence-corrected chi connectivity index (χ1v) is 6.52. The van der Waals surface area contributed by atoms with Crippen LogP contribution in [0.15, 0.2) is 42.5 Å². The molecule has 0 spiro atoms. The quantitative estimate of drug-likeness (QED) is 0.832. The van der Waals surface area contributed by atoms with Gasteiger partial charge in [-0.15, -0.1) is 0 Å². The Morgan fingerprint density at radius 3 is 2.42 bits per heavy atom. The minimum Gasteiger partial charge on any atom is -0.369 e. The third-order valence-electron chi connectivity index (χ3n) is 2.88. The zero-order valence-corrected chi connectivity index (χ0v) is 11.9. The van der Waals surface area contributed by atoms with E-state index in [1.807, 2.05) is 48.3 Å². The number of hydrogen-bond acceptors (Lipinski definition) is 2. The van der Waals surface area contributed by atoms with Crippen LogP contribution >= 0.6 is 23.2 Å². The molecular formula is C15H12Cl2N2. The fourth-order valence-electron chi connectivity index (χ4n) is 1.91. The van der Waals surface area contributed by atoms with Gasteiger partial charge in [0.05, 0.1) is 16.3 Å². The van der Waals surface area contributed by atoms with Gasteiger partial charge in [0.25, 0.3) is 0 Å². The summed E-state index contributed by atoms with van der Waals surface area (Å²) in [6.45, 7) is 0.620. The molecule has 19 heavy (non-hydrogen) atoms. The second-order valence-electron chi connectivity index (χ2n) is 4.19. The summed E-state index contributed by atoms with van der Waals surface area (Å²) in [5, 5.41) is 10.4. The molecule has 0 atom stereocenters. The summed E-state index contributed by atoms with van der Waals surface area (Å²) >= 11 is 12.2. The Morgan fingerprint density at radius 2 is 1.74 bits per heavy atom. The molecule has 4 heteroatoms. The van der Waals surface area contributed by atoms with Gasteiger partial charge in [-0.2, -0.15) is 5.26 Å². The predicted octanol–water partition coefficient (Wildman–Crippen LogP) is 4.50. The van der Waals surface area contributed by atoms with Gasteiger partial charge in [-0.3, -0.25) is 0 Å². The van der Waals surface area contributed by atoms with Crippen molar-refractivity contribution in [2.24, 2.45) is 0 Å². The van der Waals surface area contributed by atoms with E-state index in [1.54, 1.807) is 6.07 Å². The molecule has 0 saturated carbocycles. The Hall–Kier alpha value is -1.69. The van der Waals surface area contributed by atoms with Crippen molar-refractivity contribution in [2.75, 3.05) is 11.9 Å². The molecule has 0 saturated heterocycles. The van der Waals surface area contributed by atoms with E-state index >= 15 is 0 Å². The van der Waals surface area contributed by atoms with Crippen LogP contribution in [0.25, 0.3) is 0 Å². The summed E-state index contributed by atoms with van der Waals surface area (Å²) in [5.74, 6) is 0. The van der Waals surface area contributed by atoms with Gasteiger partial charge in [-0.1, -0.05) is 47.5 Å². The highest BCUT2D eigenvalue weighted by Gasteiger charge is 2.11. The Labute approximate surface area is 122 Å². The van der Waals surface area contributed by atoms with Crippen LogP contribution in [0.5, 0.6) is 0 Å². The van der Waals surface area contributed by atoms with Crippen LogP contribution in [0.1, 0.15) is 11.1 Å². The fraction of sp³-hybridized carbons (Fsp3) is 0.133. The minimum atomic E-state index is 0.464. The van der Waals surface area contributed by atoms with E-state index in [4.69, 9.17) is 23.2 Å². The van der Waals surface area contributed by atoms with Crippen LogP contribution in [0.4, 0.5) is 5.69 Å². The Bertz CT molecular complexity index is 632. The summed E-state index contributed by atoms with van der Waals surface area (Å²) in [7, 11) is 1.91. The number of anilines is 1. The number of nitriles is 1. The van der Waals surface area contributed by atoms with Crippen molar-refractivity contribution in [2.45, 2.75) is 6.54 Å². The highest BCUT2D eigenvalue weighted by Crippen LogP contribution is 2.28. The predicted molar refractivity (Wildman–Crippen MR) is 79.7 cm³/mol. The number of nitrogens with zero attached hydrogens (tertiary/aromatic N) is 2. The minimum absolute atomic E-state index is 0.464. The number of halogens is 2. The van der Waals surface area contributed by atoms with E-state index in [0.717, 1.165) is 16.3 Å². The SMILES string of the molecule is CN(Cc1ccccc1Cl)c1cccc(Cl)c1C#N. The zero-order valence-electron chi connectivity index (χ0n) is 10.4. The molecule has 0 aliphatic heterocycles. The molecular weight excluding hydrogens is 279 g/mol. The molecule has 2 aromatic rings. The molecule has 0 heterocycles. The molecule has 0 aliphatic carbocycles. The van der Waals surface area contributed by atoms with E-state index < -0.39 is 0 Å². The summed E-state index contributed by atoms with van der Waals surface area (Å²) in [6.07, 6.45) is 0. The maximum Gasteiger partial charge on any atom is 0.103 e. The van der Waals surface area contributed by atoms with Crippen LogP contribution < -0.4 is 4.90 Å². The van der Waals surface area contributed by atoms with Crippen LogP contribution in [0.2, 0.25) is 10.0 Å². The lowest BCUT2D eigenvalue weighted by Gasteiger charge is -2.21.